The Morgan fingerprint density at radius 2 is 2.00 bits per heavy atom. The summed E-state index contributed by atoms with van der Waals surface area (Å²) in [6.45, 7) is 5.00. The fourth-order valence-corrected chi connectivity index (χ4v) is 4.12. The van der Waals surface area contributed by atoms with E-state index in [1.807, 2.05) is 6.92 Å². The molecule has 2 N–H and O–H groups in total. The molecule has 28 heavy (non-hydrogen) atoms. The van der Waals surface area contributed by atoms with Crippen LogP contribution < -0.4 is 10.5 Å². The Bertz CT molecular complexity index is 791. The monoisotopic (exact) mass is 386 g/mol. The third kappa shape index (κ3) is 4.18. The van der Waals surface area contributed by atoms with Gasteiger partial charge in [0.05, 0.1) is 12.5 Å². The zero-order valence-corrected chi connectivity index (χ0v) is 16.2. The van der Waals surface area contributed by atoms with Crippen molar-refractivity contribution >= 4 is 17.8 Å². The number of benzene rings is 1. The summed E-state index contributed by atoms with van der Waals surface area (Å²) in [6, 6.07) is 6.69. The van der Waals surface area contributed by atoms with Crippen molar-refractivity contribution in [2.75, 3.05) is 26.3 Å². The van der Waals surface area contributed by atoms with Gasteiger partial charge in [0.15, 0.2) is 6.61 Å². The second-order valence-electron chi connectivity index (χ2n) is 7.34. The summed E-state index contributed by atoms with van der Waals surface area (Å²) in [5.41, 5.74) is 5.57. The van der Waals surface area contributed by atoms with Crippen molar-refractivity contribution in [3.05, 3.63) is 42.0 Å². The molecule has 1 aromatic carbocycles. The predicted octanol–water partition coefficient (Wildman–Crippen LogP) is 1.62. The summed E-state index contributed by atoms with van der Waals surface area (Å²) in [5, 5.41) is 0. The van der Waals surface area contributed by atoms with Gasteiger partial charge in [0.1, 0.15) is 5.75 Å². The van der Waals surface area contributed by atoms with E-state index in [1.54, 1.807) is 36.1 Å². The number of nitrogens with zero attached hydrogens (tertiary/aromatic N) is 1. The van der Waals surface area contributed by atoms with E-state index in [0.29, 0.717) is 31.0 Å². The number of ether oxygens (including phenoxy) is 2. The van der Waals surface area contributed by atoms with Crippen LogP contribution in [0.2, 0.25) is 0 Å². The van der Waals surface area contributed by atoms with Gasteiger partial charge in [-0.25, -0.2) is 0 Å². The molecule has 7 nitrogen and oxygen atoms in total. The Kier molecular flexibility index (Phi) is 6.02. The number of fused-ring (bicyclic) bond motifs is 1. The number of rotatable bonds is 6. The number of amides is 2. The first-order valence-corrected chi connectivity index (χ1v) is 9.56. The lowest BCUT2D eigenvalue weighted by molar-refractivity contribution is -0.152. The first-order valence-electron chi connectivity index (χ1n) is 9.56. The average Bonchev–Trinajstić information content (AvgIpc) is 3.10. The van der Waals surface area contributed by atoms with Gasteiger partial charge in [-0.3, -0.25) is 14.4 Å². The molecular formula is C21H26N2O5. The number of allylic oxidation sites excluding steroid dienone is 1. The summed E-state index contributed by atoms with van der Waals surface area (Å²) >= 11 is 0. The van der Waals surface area contributed by atoms with Gasteiger partial charge < -0.3 is 20.1 Å². The number of hydrogen-bond acceptors (Lipinski definition) is 5. The van der Waals surface area contributed by atoms with Crippen molar-refractivity contribution in [3.63, 3.8) is 0 Å². The van der Waals surface area contributed by atoms with E-state index in [4.69, 9.17) is 15.2 Å². The molecule has 0 saturated carbocycles. The lowest BCUT2D eigenvalue weighted by Crippen LogP contribution is -2.37. The number of primary amides is 1. The highest BCUT2D eigenvalue weighted by Crippen LogP contribution is 2.40. The maximum Gasteiger partial charge on any atom is 0.309 e. The number of likely N-dealkylation sites (tertiary alicyclic amines) is 1. The summed E-state index contributed by atoms with van der Waals surface area (Å²) in [4.78, 5) is 38.1. The third-order valence-electron chi connectivity index (χ3n) is 5.41. The molecule has 0 spiro atoms. The van der Waals surface area contributed by atoms with Crippen LogP contribution in [0.4, 0.5) is 0 Å². The Balaban J connectivity index is 1.73. The lowest BCUT2D eigenvalue weighted by Gasteiger charge is -2.31. The second-order valence-corrected chi connectivity index (χ2v) is 7.34. The maximum atomic E-state index is 13.0. The fraction of sp³-hybridized carbons (Fsp3) is 0.476. The van der Waals surface area contributed by atoms with Gasteiger partial charge >= 0.3 is 5.97 Å². The number of hydrogen-bond donors (Lipinski definition) is 1. The maximum absolute atomic E-state index is 13.0. The van der Waals surface area contributed by atoms with Gasteiger partial charge in [0.2, 0.25) is 0 Å². The molecule has 1 aliphatic heterocycles. The third-order valence-corrected chi connectivity index (χ3v) is 5.41. The molecule has 1 heterocycles. The molecule has 1 aliphatic carbocycles. The standard InChI is InChI=1S/C21H26N2O5/c1-3-27-21(26)19-13(2)7-8-15-10-23(11-17(15)19)20(25)14-5-4-6-16(9-14)28-12-18(22)24/h4-9,13,15,17,19H,3,10-12H2,1-2H3,(H2,22,24)/t13-,15-,17-,19-/m0/s1. The molecule has 0 aromatic heterocycles. The van der Waals surface area contributed by atoms with Crippen LogP contribution in [0.5, 0.6) is 5.75 Å². The molecule has 4 atom stereocenters. The highest BCUT2D eigenvalue weighted by molar-refractivity contribution is 5.95. The average molecular weight is 386 g/mol. The largest absolute Gasteiger partial charge is 0.484 e. The minimum absolute atomic E-state index is 0.0531. The van der Waals surface area contributed by atoms with E-state index < -0.39 is 5.91 Å². The molecule has 2 aliphatic rings. The molecule has 0 unspecified atom stereocenters. The van der Waals surface area contributed by atoms with Crippen molar-refractivity contribution in [2.24, 2.45) is 29.4 Å². The van der Waals surface area contributed by atoms with Crippen molar-refractivity contribution in [2.45, 2.75) is 13.8 Å². The summed E-state index contributed by atoms with van der Waals surface area (Å²) in [7, 11) is 0. The summed E-state index contributed by atoms with van der Waals surface area (Å²) < 4.78 is 10.6. The van der Waals surface area contributed by atoms with Gasteiger partial charge in [-0.1, -0.05) is 25.1 Å². The van der Waals surface area contributed by atoms with E-state index >= 15 is 0 Å². The van der Waals surface area contributed by atoms with Crippen LogP contribution in [0, 0.1) is 23.7 Å². The molecule has 0 bridgehead atoms. The van der Waals surface area contributed by atoms with Crippen molar-refractivity contribution in [1.82, 2.24) is 4.90 Å². The minimum Gasteiger partial charge on any atom is -0.484 e. The quantitative estimate of drug-likeness (QED) is 0.592. The Labute approximate surface area is 164 Å². The van der Waals surface area contributed by atoms with Crippen LogP contribution in [0.15, 0.2) is 36.4 Å². The number of nitrogens with two attached hydrogens (primary N) is 1. The van der Waals surface area contributed by atoms with Crippen molar-refractivity contribution < 1.29 is 23.9 Å². The number of carbonyl (C=O) groups excluding carboxylic acids is 3. The topological polar surface area (TPSA) is 98.9 Å². The molecule has 2 amide bonds. The molecule has 150 valence electrons. The van der Waals surface area contributed by atoms with Crippen LogP contribution in [0.1, 0.15) is 24.2 Å². The van der Waals surface area contributed by atoms with Crippen LogP contribution in [0.25, 0.3) is 0 Å². The van der Waals surface area contributed by atoms with E-state index in [2.05, 4.69) is 12.2 Å². The van der Waals surface area contributed by atoms with Gasteiger partial charge in [-0.15, -0.1) is 0 Å². The molecule has 1 aromatic rings. The van der Waals surface area contributed by atoms with Gasteiger partial charge in [0, 0.05) is 18.7 Å². The van der Waals surface area contributed by atoms with Crippen molar-refractivity contribution in [3.8, 4) is 5.75 Å². The Morgan fingerprint density at radius 1 is 1.21 bits per heavy atom. The molecule has 0 radical (unpaired) electrons. The Morgan fingerprint density at radius 3 is 2.71 bits per heavy atom. The Hall–Kier alpha value is -2.83. The van der Waals surface area contributed by atoms with Gasteiger partial charge in [-0.2, -0.15) is 0 Å². The zero-order chi connectivity index (χ0) is 20.3. The van der Waals surface area contributed by atoms with Crippen LogP contribution in [0.3, 0.4) is 0 Å². The highest BCUT2D eigenvalue weighted by atomic mass is 16.5. The van der Waals surface area contributed by atoms with Crippen LogP contribution >= 0.6 is 0 Å². The van der Waals surface area contributed by atoms with E-state index in [9.17, 15) is 14.4 Å². The number of carbonyl (C=O) groups is 3. The van der Waals surface area contributed by atoms with Gasteiger partial charge in [-0.05, 0) is 42.9 Å². The molecule has 7 heteroatoms. The first kappa shape index (κ1) is 19.9. The molecular weight excluding hydrogens is 360 g/mol. The molecule has 3 rings (SSSR count). The SMILES string of the molecule is CCOC(=O)[C@@H]1[C@H]2CN(C(=O)c3cccc(OCC(N)=O)c3)C[C@@H]2C=C[C@@H]1C. The fourth-order valence-electron chi connectivity index (χ4n) is 4.12. The lowest BCUT2D eigenvalue weighted by atomic mass is 9.72. The predicted molar refractivity (Wildman–Crippen MR) is 102 cm³/mol. The minimum atomic E-state index is -0.578. The van der Waals surface area contributed by atoms with E-state index in [-0.39, 0.29) is 42.2 Å². The zero-order valence-electron chi connectivity index (χ0n) is 16.2. The van der Waals surface area contributed by atoms with Crippen LogP contribution in [-0.2, 0) is 14.3 Å². The second kappa shape index (κ2) is 8.46. The number of esters is 1. The van der Waals surface area contributed by atoms with Crippen LogP contribution in [-0.4, -0.2) is 49.0 Å². The van der Waals surface area contributed by atoms with E-state index in [1.165, 1.54) is 0 Å². The van der Waals surface area contributed by atoms with Crippen molar-refractivity contribution in [1.29, 1.82) is 0 Å². The summed E-state index contributed by atoms with van der Waals surface area (Å²) in [5.74, 6) is -0.432. The van der Waals surface area contributed by atoms with Gasteiger partial charge in [0.25, 0.3) is 11.8 Å². The molecule has 1 fully saturated rings. The smallest absolute Gasteiger partial charge is 0.309 e. The van der Waals surface area contributed by atoms with E-state index in [0.717, 1.165) is 0 Å². The first-order chi connectivity index (χ1) is 13.4. The summed E-state index contributed by atoms with van der Waals surface area (Å²) in [6.07, 6.45) is 4.17. The highest BCUT2D eigenvalue weighted by Gasteiger charge is 2.46. The normalized spacial score (nSPS) is 25.9. The molecule has 1 saturated heterocycles.